The molecule has 2 aliphatic carbocycles. The summed E-state index contributed by atoms with van der Waals surface area (Å²) in [4.78, 5) is 1.37. The van der Waals surface area contributed by atoms with Crippen molar-refractivity contribution >= 4 is 38.3 Å². The van der Waals surface area contributed by atoms with E-state index in [0.717, 1.165) is 0 Å². The Morgan fingerprint density at radius 1 is 0.604 bits per heavy atom. The van der Waals surface area contributed by atoms with Crippen LogP contribution in [0.15, 0.2) is 158 Å². The van der Waals surface area contributed by atoms with Crippen molar-refractivity contribution in [3.05, 3.63) is 185 Å². The first kappa shape index (κ1) is 27.9. The number of rotatable bonds is 4. The van der Waals surface area contributed by atoms with Crippen LogP contribution in [0, 0.1) is 5.92 Å². The second-order valence-corrected chi connectivity index (χ2v) is 14.2. The topological polar surface area (TPSA) is 23.5 Å². The van der Waals surface area contributed by atoms with Gasteiger partial charge >= 0.3 is 0 Å². The molecule has 1 N–H and O–H groups in total. The summed E-state index contributed by atoms with van der Waals surface area (Å²) in [6.07, 6.45) is 9.50. The molecule has 1 saturated heterocycles. The van der Waals surface area contributed by atoms with Crippen LogP contribution >= 0.6 is 0 Å². The SMILES string of the molecule is CC1(C)c2c(c3ccccc3c3c4ccccc4n(-c4ccc([NH+]5C(c6ccccc6)[N-]C5c5ccccc5)cc4)c23)C2C=CC=CC21. The van der Waals surface area contributed by atoms with E-state index < -0.39 is 0 Å². The molecule has 0 spiro atoms. The predicted molar refractivity (Wildman–Crippen MR) is 198 cm³/mol. The van der Waals surface area contributed by atoms with Gasteiger partial charge in [0.15, 0.2) is 0 Å². The Morgan fingerprint density at radius 2 is 1.19 bits per heavy atom. The van der Waals surface area contributed by atoms with Crippen molar-refractivity contribution in [3.63, 3.8) is 0 Å². The molecule has 0 amide bonds. The molecule has 4 atom stereocenters. The highest BCUT2D eigenvalue weighted by atomic mass is 15.5. The van der Waals surface area contributed by atoms with Gasteiger partial charge in [-0.05, 0) is 62.6 Å². The molecule has 10 rings (SSSR count). The standard InChI is InChI=1S/C45H36N3/c1-45(2)37-23-13-11-21-35(37)39-33-19-9-10-20-34(33)40-36-22-12-14-24-38(36)47(42(40)41(39)45)31-25-27-32(28-26-31)48-43(29-15-5-3-6-16-29)46-44(48)30-17-7-4-8-18-30/h3-28,35,37,43-44H,1-2H3/q-1/p+1. The summed E-state index contributed by atoms with van der Waals surface area (Å²) in [5.41, 5.74) is 10.5. The molecule has 3 heteroatoms. The Labute approximate surface area is 281 Å². The van der Waals surface area contributed by atoms with E-state index in [1.807, 2.05) is 0 Å². The number of hydrogen-bond donors (Lipinski definition) is 1. The summed E-state index contributed by atoms with van der Waals surface area (Å²) < 4.78 is 2.56. The number of hydrogen-bond acceptors (Lipinski definition) is 0. The van der Waals surface area contributed by atoms with Gasteiger partial charge in [-0.25, -0.2) is 0 Å². The molecular formula is C45H37N3. The molecule has 1 aliphatic heterocycles. The highest BCUT2D eigenvalue weighted by Crippen LogP contribution is 2.58. The van der Waals surface area contributed by atoms with Crippen molar-refractivity contribution in [2.75, 3.05) is 0 Å². The minimum Gasteiger partial charge on any atom is -0.548 e. The molecule has 1 aromatic heterocycles. The van der Waals surface area contributed by atoms with E-state index in [0.29, 0.717) is 11.8 Å². The van der Waals surface area contributed by atoms with Crippen LogP contribution in [-0.4, -0.2) is 4.57 Å². The second-order valence-electron chi connectivity index (χ2n) is 14.2. The minimum absolute atomic E-state index is 0.0370. The van der Waals surface area contributed by atoms with E-state index in [-0.39, 0.29) is 17.7 Å². The van der Waals surface area contributed by atoms with Gasteiger partial charge in [0.1, 0.15) is 5.69 Å². The van der Waals surface area contributed by atoms with E-state index in [9.17, 15) is 0 Å². The maximum atomic E-state index is 5.24. The molecule has 0 saturated carbocycles. The van der Waals surface area contributed by atoms with E-state index in [1.165, 1.54) is 71.1 Å². The number of benzene rings is 6. The van der Waals surface area contributed by atoms with Crippen molar-refractivity contribution in [3.8, 4) is 5.69 Å². The van der Waals surface area contributed by atoms with Crippen LogP contribution in [0.4, 0.5) is 5.69 Å². The van der Waals surface area contributed by atoms with Crippen molar-refractivity contribution in [1.29, 1.82) is 0 Å². The maximum absolute atomic E-state index is 5.24. The Balaban J connectivity index is 1.20. The summed E-state index contributed by atoms with van der Waals surface area (Å²) in [7, 11) is 0. The first-order valence-corrected chi connectivity index (χ1v) is 17.2. The van der Waals surface area contributed by atoms with Gasteiger partial charge < -0.3 is 14.8 Å². The molecule has 232 valence electrons. The van der Waals surface area contributed by atoms with Crippen molar-refractivity contribution in [1.82, 2.24) is 4.57 Å². The lowest BCUT2D eigenvalue weighted by molar-refractivity contribution is -0.927. The monoisotopic (exact) mass is 619 g/mol. The molecule has 0 radical (unpaired) electrons. The zero-order chi connectivity index (χ0) is 32.0. The highest BCUT2D eigenvalue weighted by molar-refractivity contribution is 6.23. The molecule has 6 aromatic carbocycles. The number of allylic oxidation sites excluding steroid dienone is 4. The van der Waals surface area contributed by atoms with Crippen molar-refractivity contribution in [2.45, 2.75) is 37.5 Å². The smallest absolute Gasteiger partial charge is 0.129 e. The average Bonchev–Trinajstić information content (AvgIpc) is 3.59. The largest absolute Gasteiger partial charge is 0.548 e. The lowest BCUT2D eigenvalue weighted by atomic mass is 9.74. The van der Waals surface area contributed by atoms with Crippen LogP contribution in [0.2, 0.25) is 0 Å². The fraction of sp³-hybridized carbons (Fsp3) is 0.156. The van der Waals surface area contributed by atoms with Gasteiger partial charge in [0.25, 0.3) is 0 Å². The molecular weight excluding hydrogens is 583 g/mol. The van der Waals surface area contributed by atoms with Gasteiger partial charge in [0.05, 0.1) is 11.0 Å². The van der Waals surface area contributed by atoms with Crippen LogP contribution in [0.3, 0.4) is 0 Å². The summed E-state index contributed by atoms with van der Waals surface area (Å²) in [6.45, 7) is 4.92. The normalized spacial score (nSPS) is 23.8. The first-order valence-electron chi connectivity index (χ1n) is 17.2. The number of aromatic nitrogens is 1. The first-order chi connectivity index (χ1) is 23.6. The molecule has 48 heavy (non-hydrogen) atoms. The van der Waals surface area contributed by atoms with Crippen LogP contribution in [0.25, 0.3) is 43.6 Å². The van der Waals surface area contributed by atoms with Crippen LogP contribution < -0.4 is 4.90 Å². The molecule has 3 nitrogen and oxygen atoms in total. The Hall–Kier alpha value is -5.22. The van der Waals surface area contributed by atoms with Gasteiger partial charge in [-0.3, -0.25) is 0 Å². The van der Waals surface area contributed by atoms with Gasteiger partial charge in [-0.2, -0.15) is 0 Å². The lowest BCUT2D eigenvalue weighted by Crippen LogP contribution is -3.13. The lowest BCUT2D eigenvalue weighted by Gasteiger charge is -2.58. The third-order valence-corrected chi connectivity index (χ3v) is 11.4. The number of para-hydroxylation sites is 1. The molecule has 2 heterocycles. The van der Waals surface area contributed by atoms with Gasteiger partial charge in [0.2, 0.25) is 0 Å². The molecule has 4 unspecified atom stereocenters. The quantitative estimate of drug-likeness (QED) is 0.203. The van der Waals surface area contributed by atoms with Crippen LogP contribution in [0.1, 0.15) is 54.4 Å². The molecule has 3 aliphatic rings. The number of nitrogens with one attached hydrogen (secondary N) is 1. The second kappa shape index (κ2) is 10.4. The van der Waals surface area contributed by atoms with E-state index in [1.54, 1.807) is 0 Å². The molecule has 1 fully saturated rings. The van der Waals surface area contributed by atoms with Crippen LogP contribution in [0.5, 0.6) is 0 Å². The third kappa shape index (κ3) is 3.83. The fourth-order valence-electron chi connectivity index (χ4n) is 9.25. The van der Waals surface area contributed by atoms with Gasteiger partial charge in [-0.15, -0.1) is 0 Å². The zero-order valence-corrected chi connectivity index (χ0v) is 27.2. The van der Waals surface area contributed by atoms with E-state index in [2.05, 4.69) is 176 Å². The maximum Gasteiger partial charge on any atom is 0.129 e. The van der Waals surface area contributed by atoms with Gasteiger partial charge in [-0.1, -0.05) is 141 Å². The Morgan fingerprint density at radius 3 is 1.88 bits per heavy atom. The van der Waals surface area contributed by atoms with Crippen LogP contribution in [-0.2, 0) is 5.41 Å². The minimum atomic E-state index is -0.0370. The summed E-state index contributed by atoms with van der Waals surface area (Å²) in [6, 6.07) is 48.9. The average molecular weight is 620 g/mol. The highest BCUT2D eigenvalue weighted by Gasteiger charge is 2.47. The van der Waals surface area contributed by atoms with Gasteiger partial charge in [0, 0.05) is 46.8 Å². The third-order valence-electron chi connectivity index (χ3n) is 11.4. The number of nitrogens with zero attached hydrogens (tertiary/aromatic N) is 2. The summed E-state index contributed by atoms with van der Waals surface area (Å²) >= 11 is 0. The van der Waals surface area contributed by atoms with Crippen molar-refractivity contribution in [2.24, 2.45) is 5.92 Å². The van der Waals surface area contributed by atoms with E-state index in [4.69, 9.17) is 5.32 Å². The predicted octanol–water partition coefficient (Wildman–Crippen LogP) is 10.4. The number of quaternary nitrogens is 1. The Kier molecular flexibility index (Phi) is 6.03. The van der Waals surface area contributed by atoms with E-state index >= 15 is 0 Å². The fourth-order valence-corrected chi connectivity index (χ4v) is 9.25. The molecule has 7 aromatic rings. The van der Waals surface area contributed by atoms with Crippen molar-refractivity contribution < 1.29 is 4.90 Å². The summed E-state index contributed by atoms with van der Waals surface area (Å²) in [5, 5.41) is 10.7. The summed E-state index contributed by atoms with van der Waals surface area (Å²) in [5.74, 6) is 0.788. The number of fused-ring (bicyclic) bond motifs is 10. The molecule has 0 bridgehead atoms. The Bertz CT molecular complexity index is 2370. The zero-order valence-electron chi connectivity index (χ0n) is 27.2.